The van der Waals surface area contributed by atoms with E-state index in [0.717, 1.165) is 11.3 Å². The van der Waals surface area contributed by atoms with Crippen LogP contribution in [0.15, 0.2) is 48.5 Å². The molecule has 2 amide bonds. The van der Waals surface area contributed by atoms with Crippen molar-refractivity contribution in [1.82, 2.24) is 10.2 Å². The first-order valence-electron chi connectivity index (χ1n) is 9.81. The Balaban J connectivity index is 1.19. The molecule has 2 aromatic carbocycles. The van der Waals surface area contributed by atoms with E-state index in [2.05, 4.69) is 5.32 Å². The smallest absolute Gasteiger partial charge is 0.260 e. The number of para-hydroxylation sites is 1. The third-order valence-electron chi connectivity index (χ3n) is 5.23. The van der Waals surface area contributed by atoms with Crippen molar-refractivity contribution in [2.45, 2.75) is 19.4 Å². The fourth-order valence-corrected chi connectivity index (χ4v) is 3.53. The lowest BCUT2D eigenvalue weighted by atomic mass is 9.95. The van der Waals surface area contributed by atoms with Crippen molar-refractivity contribution in [3.05, 3.63) is 54.1 Å². The molecule has 0 aromatic heterocycles. The molecule has 7 heteroatoms. The quantitative estimate of drug-likeness (QED) is 0.811. The summed E-state index contributed by atoms with van der Waals surface area (Å²) in [5, 5.41) is 2.99. The Hall–Kier alpha value is -3.22. The highest BCUT2D eigenvalue weighted by Crippen LogP contribution is 2.32. The molecule has 0 unspecified atom stereocenters. The number of hydrogen-bond donors (Lipinski definition) is 1. The average Bonchev–Trinajstić information content (AvgIpc) is 3.24. The lowest BCUT2D eigenvalue weighted by Crippen LogP contribution is -2.44. The molecule has 0 spiro atoms. The second-order valence-corrected chi connectivity index (χ2v) is 7.16. The molecule has 7 nitrogen and oxygen atoms in total. The van der Waals surface area contributed by atoms with E-state index in [1.807, 2.05) is 48.5 Å². The van der Waals surface area contributed by atoms with Gasteiger partial charge in [0.25, 0.3) is 5.91 Å². The summed E-state index contributed by atoms with van der Waals surface area (Å²) in [5.74, 6) is 2.01. The van der Waals surface area contributed by atoms with Crippen LogP contribution in [0.1, 0.15) is 18.4 Å². The van der Waals surface area contributed by atoms with E-state index in [-0.39, 0.29) is 31.1 Å². The number of ether oxygens (including phenoxy) is 3. The Bertz CT molecular complexity index is 863. The van der Waals surface area contributed by atoms with Crippen LogP contribution in [0.4, 0.5) is 0 Å². The van der Waals surface area contributed by atoms with Gasteiger partial charge in [0.2, 0.25) is 12.7 Å². The van der Waals surface area contributed by atoms with E-state index in [0.29, 0.717) is 44.0 Å². The van der Waals surface area contributed by atoms with Crippen LogP contribution in [-0.2, 0) is 16.1 Å². The second-order valence-electron chi connectivity index (χ2n) is 7.16. The number of likely N-dealkylation sites (tertiary alicyclic amines) is 1. The van der Waals surface area contributed by atoms with Crippen LogP contribution >= 0.6 is 0 Å². The molecular formula is C22H24N2O5. The van der Waals surface area contributed by atoms with Crippen LogP contribution in [0.2, 0.25) is 0 Å². The monoisotopic (exact) mass is 396 g/mol. The summed E-state index contributed by atoms with van der Waals surface area (Å²) in [7, 11) is 0. The molecule has 2 heterocycles. The van der Waals surface area contributed by atoms with Gasteiger partial charge in [0.1, 0.15) is 5.75 Å². The molecule has 0 bridgehead atoms. The zero-order chi connectivity index (χ0) is 20.1. The molecule has 0 saturated carbocycles. The van der Waals surface area contributed by atoms with Gasteiger partial charge >= 0.3 is 0 Å². The predicted molar refractivity (Wildman–Crippen MR) is 106 cm³/mol. The summed E-state index contributed by atoms with van der Waals surface area (Å²) < 4.78 is 16.2. The van der Waals surface area contributed by atoms with Gasteiger partial charge in [0.15, 0.2) is 18.1 Å². The Labute approximate surface area is 169 Å². The standard InChI is InChI=1S/C22H24N2O5/c25-21(14-27-18-4-2-1-3-5-18)24-10-8-17(9-11-24)22(26)23-13-16-6-7-19-20(12-16)29-15-28-19/h1-7,12,17H,8-11,13-15H2,(H,23,26). The maximum atomic E-state index is 12.5. The minimum Gasteiger partial charge on any atom is -0.484 e. The third kappa shape index (κ3) is 4.80. The molecule has 2 aliphatic heterocycles. The van der Waals surface area contributed by atoms with Crippen molar-refractivity contribution in [3.8, 4) is 17.2 Å². The van der Waals surface area contributed by atoms with E-state index >= 15 is 0 Å². The summed E-state index contributed by atoms with van der Waals surface area (Å²) in [6.07, 6.45) is 1.31. The molecule has 1 saturated heterocycles. The van der Waals surface area contributed by atoms with Gasteiger partial charge in [-0.25, -0.2) is 0 Å². The van der Waals surface area contributed by atoms with Crippen LogP contribution in [-0.4, -0.2) is 43.2 Å². The average molecular weight is 396 g/mol. The fourth-order valence-electron chi connectivity index (χ4n) is 3.53. The molecule has 0 atom stereocenters. The Morgan fingerprint density at radius 3 is 2.59 bits per heavy atom. The Kier molecular flexibility index (Phi) is 5.84. The summed E-state index contributed by atoms with van der Waals surface area (Å²) in [6.45, 7) is 1.83. The molecule has 1 fully saturated rings. The second kappa shape index (κ2) is 8.86. The zero-order valence-corrected chi connectivity index (χ0v) is 16.1. The number of amides is 2. The van der Waals surface area contributed by atoms with Crippen molar-refractivity contribution in [1.29, 1.82) is 0 Å². The first kappa shape index (κ1) is 19.1. The molecule has 0 aliphatic carbocycles. The number of carbonyl (C=O) groups excluding carboxylic acids is 2. The van der Waals surface area contributed by atoms with Crippen LogP contribution in [0.25, 0.3) is 0 Å². The molecule has 29 heavy (non-hydrogen) atoms. The van der Waals surface area contributed by atoms with Gasteiger partial charge in [-0.2, -0.15) is 0 Å². The van der Waals surface area contributed by atoms with Gasteiger partial charge in [0, 0.05) is 25.6 Å². The highest BCUT2D eigenvalue weighted by Gasteiger charge is 2.27. The van der Waals surface area contributed by atoms with E-state index in [1.54, 1.807) is 4.90 Å². The number of rotatable bonds is 6. The highest BCUT2D eigenvalue weighted by molar-refractivity contribution is 5.80. The molecule has 0 radical (unpaired) electrons. The van der Waals surface area contributed by atoms with Crippen molar-refractivity contribution < 1.29 is 23.8 Å². The van der Waals surface area contributed by atoms with Gasteiger partial charge in [0.05, 0.1) is 0 Å². The van der Waals surface area contributed by atoms with Gasteiger partial charge in [-0.05, 0) is 42.7 Å². The van der Waals surface area contributed by atoms with Crippen LogP contribution in [0.5, 0.6) is 17.2 Å². The maximum Gasteiger partial charge on any atom is 0.260 e. The SMILES string of the molecule is O=C(NCc1ccc2c(c1)OCO2)C1CCN(C(=O)COc2ccccc2)CC1. The number of piperidine rings is 1. The molecule has 4 rings (SSSR count). The minimum atomic E-state index is -0.0805. The first-order valence-corrected chi connectivity index (χ1v) is 9.81. The third-order valence-corrected chi connectivity index (χ3v) is 5.23. The molecule has 1 N–H and O–H groups in total. The lowest BCUT2D eigenvalue weighted by molar-refractivity contribution is -0.137. The van der Waals surface area contributed by atoms with Crippen molar-refractivity contribution in [2.75, 3.05) is 26.5 Å². The molecule has 2 aromatic rings. The summed E-state index contributed by atoms with van der Waals surface area (Å²) in [6, 6.07) is 14.9. The van der Waals surface area contributed by atoms with E-state index in [4.69, 9.17) is 14.2 Å². The summed E-state index contributed by atoms with van der Waals surface area (Å²) >= 11 is 0. The molecular weight excluding hydrogens is 372 g/mol. The van der Waals surface area contributed by atoms with Crippen LogP contribution in [0, 0.1) is 5.92 Å². The zero-order valence-electron chi connectivity index (χ0n) is 16.1. The van der Waals surface area contributed by atoms with Crippen molar-refractivity contribution in [2.24, 2.45) is 5.92 Å². The summed E-state index contributed by atoms with van der Waals surface area (Å²) in [4.78, 5) is 26.6. The van der Waals surface area contributed by atoms with Gasteiger partial charge in [-0.1, -0.05) is 24.3 Å². The maximum absolute atomic E-state index is 12.5. The lowest BCUT2D eigenvalue weighted by Gasteiger charge is -2.31. The number of benzene rings is 2. The molecule has 152 valence electrons. The van der Waals surface area contributed by atoms with Gasteiger partial charge in [-0.15, -0.1) is 0 Å². The summed E-state index contributed by atoms with van der Waals surface area (Å²) in [5.41, 5.74) is 0.966. The van der Waals surface area contributed by atoms with E-state index < -0.39 is 0 Å². The van der Waals surface area contributed by atoms with Gasteiger partial charge in [-0.3, -0.25) is 9.59 Å². The fraction of sp³-hybridized carbons (Fsp3) is 0.364. The minimum absolute atomic E-state index is 0.0188. The van der Waals surface area contributed by atoms with Crippen LogP contribution < -0.4 is 19.5 Å². The molecule has 2 aliphatic rings. The topological polar surface area (TPSA) is 77.1 Å². The first-order chi connectivity index (χ1) is 14.2. The van der Waals surface area contributed by atoms with Crippen molar-refractivity contribution in [3.63, 3.8) is 0 Å². The Morgan fingerprint density at radius 2 is 1.79 bits per heavy atom. The van der Waals surface area contributed by atoms with Gasteiger partial charge < -0.3 is 24.4 Å². The Morgan fingerprint density at radius 1 is 1.03 bits per heavy atom. The van der Waals surface area contributed by atoms with E-state index in [1.165, 1.54) is 0 Å². The normalized spacial score (nSPS) is 15.8. The van der Waals surface area contributed by atoms with Crippen LogP contribution in [0.3, 0.4) is 0 Å². The number of nitrogens with one attached hydrogen (secondary N) is 1. The number of carbonyl (C=O) groups is 2. The van der Waals surface area contributed by atoms with E-state index in [9.17, 15) is 9.59 Å². The van der Waals surface area contributed by atoms with Crippen molar-refractivity contribution >= 4 is 11.8 Å². The number of hydrogen-bond acceptors (Lipinski definition) is 5. The largest absolute Gasteiger partial charge is 0.484 e. The number of fused-ring (bicyclic) bond motifs is 1. The number of nitrogens with zero attached hydrogens (tertiary/aromatic N) is 1. The highest BCUT2D eigenvalue weighted by atomic mass is 16.7. The predicted octanol–water partition coefficient (Wildman–Crippen LogP) is 2.35.